The standard InChI is InChI=1S/C18H28N2O3/c1-22-17-6-3-2-5-15(17)7-8-18(21)20-12-9-16(10-13-20)23-14-4-11-19/h2-3,5-6,16H,4,7-14,19H2,1H3. The highest BCUT2D eigenvalue weighted by Gasteiger charge is 2.23. The fourth-order valence-electron chi connectivity index (χ4n) is 2.91. The van der Waals surface area contributed by atoms with Crippen molar-refractivity contribution in [2.45, 2.75) is 38.2 Å². The minimum Gasteiger partial charge on any atom is -0.496 e. The average molecular weight is 320 g/mol. The highest BCUT2D eigenvalue weighted by Crippen LogP contribution is 2.20. The normalized spacial score (nSPS) is 15.7. The smallest absolute Gasteiger partial charge is 0.222 e. The Morgan fingerprint density at radius 2 is 2.04 bits per heavy atom. The van der Waals surface area contributed by atoms with Gasteiger partial charge in [-0.2, -0.15) is 0 Å². The number of piperidine rings is 1. The van der Waals surface area contributed by atoms with Crippen molar-refractivity contribution in [2.75, 3.05) is 33.4 Å². The Morgan fingerprint density at radius 1 is 1.30 bits per heavy atom. The maximum absolute atomic E-state index is 12.4. The van der Waals surface area contributed by atoms with Crippen LogP contribution in [-0.4, -0.2) is 50.3 Å². The van der Waals surface area contributed by atoms with Gasteiger partial charge in [-0.3, -0.25) is 4.79 Å². The number of para-hydroxylation sites is 1. The van der Waals surface area contributed by atoms with E-state index in [2.05, 4.69) is 0 Å². The first-order chi connectivity index (χ1) is 11.2. The summed E-state index contributed by atoms with van der Waals surface area (Å²) in [5, 5.41) is 0. The summed E-state index contributed by atoms with van der Waals surface area (Å²) in [6.07, 6.45) is 4.27. The number of hydrogen-bond donors (Lipinski definition) is 1. The molecule has 128 valence electrons. The third-order valence-corrected chi connectivity index (χ3v) is 4.30. The fourth-order valence-corrected chi connectivity index (χ4v) is 2.91. The number of amides is 1. The van der Waals surface area contributed by atoms with Crippen LogP contribution in [0.2, 0.25) is 0 Å². The van der Waals surface area contributed by atoms with E-state index >= 15 is 0 Å². The zero-order chi connectivity index (χ0) is 16.5. The summed E-state index contributed by atoms with van der Waals surface area (Å²) in [7, 11) is 1.66. The molecule has 1 aliphatic rings. The number of nitrogens with zero attached hydrogens (tertiary/aromatic N) is 1. The molecular weight excluding hydrogens is 292 g/mol. The first-order valence-electron chi connectivity index (χ1n) is 8.46. The Bertz CT molecular complexity index is 485. The highest BCUT2D eigenvalue weighted by atomic mass is 16.5. The predicted molar refractivity (Wildman–Crippen MR) is 90.5 cm³/mol. The maximum Gasteiger partial charge on any atom is 0.222 e. The minimum atomic E-state index is 0.219. The van der Waals surface area contributed by atoms with Crippen LogP contribution < -0.4 is 10.5 Å². The number of carbonyl (C=O) groups excluding carboxylic acids is 1. The van der Waals surface area contributed by atoms with Gasteiger partial charge in [-0.1, -0.05) is 18.2 Å². The van der Waals surface area contributed by atoms with E-state index in [-0.39, 0.29) is 12.0 Å². The maximum atomic E-state index is 12.4. The van der Waals surface area contributed by atoms with E-state index in [9.17, 15) is 4.79 Å². The molecule has 2 N–H and O–H groups in total. The van der Waals surface area contributed by atoms with Gasteiger partial charge in [-0.15, -0.1) is 0 Å². The van der Waals surface area contributed by atoms with Crippen LogP contribution in [-0.2, 0) is 16.0 Å². The first kappa shape index (κ1) is 17.8. The third kappa shape index (κ3) is 5.52. The summed E-state index contributed by atoms with van der Waals surface area (Å²) in [4.78, 5) is 14.3. The number of rotatable bonds is 8. The Morgan fingerprint density at radius 3 is 2.74 bits per heavy atom. The van der Waals surface area contributed by atoms with Gasteiger partial charge in [0.05, 0.1) is 13.2 Å². The molecule has 0 aromatic heterocycles. The van der Waals surface area contributed by atoms with Crippen LogP contribution in [0.25, 0.3) is 0 Å². The summed E-state index contributed by atoms with van der Waals surface area (Å²) in [6, 6.07) is 7.87. The summed E-state index contributed by atoms with van der Waals surface area (Å²) >= 11 is 0. The summed E-state index contributed by atoms with van der Waals surface area (Å²) < 4.78 is 11.1. The first-order valence-corrected chi connectivity index (χ1v) is 8.46. The van der Waals surface area contributed by atoms with Crippen molar-refractivity contribution in [3.05, 3.63) is 29.8 Å². The fraction of sp³-hybridized carbons (Fsp3) is 0.611. The number of methoxy groups -OCH3 is 1. The number of likely N-dealkylation sites (tertiary alicyclic amines) is 1. The van der Waals surface area contributed by atoms with Gasteiger partial charge in [-0.05, 0) is 43.9 Å². The van der Waals surface area contributed by atoms with Crippen LogP contribution in [0.15, 0.2) is 24.3 Å². The molecule has 0 unspecified atom stereocenters. The predicted octanol–water partition coefficient (Wildman–Crippen LogP) is 1.98. The zero-order valence-corrected chi connectivity index (χ0v) is 14.0. The van der Waals surface area contributed by atoms with E-state index in [4.69, 9.17) is 15.2 Å². The number of ether oxygens (including phenoxy) is 2. The largest absolute Gasteiger partial charge is 0.496 e. The SMILES string of the molecule is COc1ccccc1CCC(=O)N1CCC(OCCCN)CC1. The van der Waals surface area contributed by atoms with E-state index in [1.165, 1.54) is 0 Å². The molecule has 1 aliphatic heterocycles. The van der Waals surface area contributed by atoms with Gasteiger partial charge in [-0.25, -0.2) is 0 Å². The van der Waals surface area contributed by atoms with Crippen LogP contribution in [0, 0.1) is 0 Å². The second kappa shape index (κ2) is 9.53. The van der Waals surface area contributed by atoms with Crippen LogP contribution >= 0.6 is 0 Å². The number of aryl methyl sites for hydroxylation is 1. The minimum absolute atomic E-state index is 0.219. The number of nitrogens with two attached hydrogens (primary N) is 1. The van der Waals surface area contributed by atoms with Gasteiger partial charge in [0.2, 0.25) is 5.91 Å². The van der Waals surface area contributed by atoms with Crippen molar-refractivity contribution in [2.24, 2.45) is 5.73 Å². The molecule has 0 aliphatic carbocycles. The second-order valence-electron chi connectivity index (χ2n) is 5.91. The Labute approximate surface area is 138 Å². The van der Waals surface area contributed by atoms with Gasteiger partial charge in [0.1, 0.15) is 5.75 Å². The van der Waals surface area contributed by atoms with Crippen molar-refractivity contribution < 1.29 is 14.3 Å². The van der Waals surface area contributed by atoms with Gasteiger partial charge < -0.3 is 20.1 Å². The molecule has 1 fully saturated rings. The van der Waals surface area contributed by atoms with Gasteiger partial charge in [0.15, 0.2) is 0 Å². The quantitative estimate of drug-likeness (QED) is 0.744. The van der Waals surface area contributed by atoms with Crippen molar-refractivity contribution in [3.63, 3.8) is 0 Å². The van der Waals surface area contributed by atoms with Crippen LogP contribution in [0.4, 0.5) is 0 Å². The lowest BCUT2D eigenvalue weighted by Gasteiger charge is -2.32. The number of benzene rings is 1. The molecule has 1 saturated heterocycles. The van der Waals surface area contributed by atoms with Crippen molar-refractivity contribution in [3.8, 4) is 5.75 Å². The van der Waals surface area contributed by atoms with E-state index in [1.807, 2.05) is 29.2 Å². The molecule has 5 nitrogen and oxygen atoms in total. The van der Waals surface area contributed by atoms with Crippen LogP contribution in [0.3, 0.4) is 0 Å². The summed E-state index contributed by atoms with van der Waals surface area (Å²) in [5.74, 6) is 1.07. The Kier molecular flexibility index (Phi) is 7.36. The van der Waals surface area contributed by atoms with Crippen molar-refractivity contribution in [1.29, 1.82) is 0 Å². The summed E-state index contributed by atoms with van der Waals surface area (Å²) in [6.45, 7) is 2.97. The average Bonchev–Trinajstić information content (AvgIpc) is 2.60. The molecule has 1 amide bonds. The Balaban J connectivity index is 1.73. The number of hydrogen-bond acceptors (Lipinski definition) is 4. The molecule has 23 heavy (non-hydrogen) atoms. The lowest BCUT2D eigenvalue weighted by Crippen LogP contribution is -2.41. The molecule has 0 radical (unpaired) electrons. The zero-order valence-electron chi connectivity index (χ0n) is 14.0. The molecule has 0 atom stereocenters. The molecule has 0 bridgehead atoms. The lowest BCUT2D eigenvalue weighted by atomic mass is 10.0. The molecule has 0 saturated carbocycles. The highest BCUT2D eigenvalue weighted by molar-refractivity contribution is 5.76. The monoisotopic (exact) mass is 320 g/mol. The molecule has 1 aromatic carbocycles. The molecule has 5 heteroatoms. The molecule has 1 heterocycles. The van der Waals surface area contributed by atoms with E-state index in [0.29, 0.717) is 13.0 Å². The van der Waals surface area contributed by atoms with E-state index < -0.39 is 0 Å². The van der Waals surface area contributed by atoms with Crippen LogP contribution in [0.5, 0.6) is 5.75 Å². The Hall–Kier alpha value is -1.59. The van der Waals surface area contributed by atoms with Gasteiger partial charge in [0.25, 0.3) is 0 Å². The van der Waals surface area contributed by atoms with Crippen LogP contribution in [0.1, 0.15) is 31.2 Å². The van der Waals surface area contributed by atoms with Gasteiger partial charge >= 0.3 is 0 Å². The van der Waals surface area contributed by atoms with Gasteiger partial charge in [0, 0.05) is 26.1 Å². The topological polar surface area (TPSA) is 64.8 Å². The molecule has 0 spiro atoms. The van der Waals surface area contributed by atoms with Crippen molar-refractivity contribution >= 4 is 5.91 Å². The second-order valence-corrected chi connectivity index (χ2v) is 5.91. The number of carbonyl (C=O) groups is 1. The summed E-state index contributed by atoms with van der Waals surface area (Å²) in [5.41, 5.74) is 6.55. The van der Waals surface area contributed by atoms with Crippen molar-refractivity contribution in [1.82, 2.24) is 4.90 Å². The lowest BCUT2D eigenvalue weighted by molar-refractivity contribution is -0.133. The molecule has 1 aromatic rings. The molecule has 2 rings (SSSR count). The van der Waals surface area contributed by atoms with E-state index in [0.717, 1.165) is 56.7 Å². The molecular formula is C18H28N2O3. The van der Waals surface area contributed by atoms with E-state index in [1.54, 1.807) is 7.11 Å². The third-order valence-electron chi connectivity index (χ3n) is 4.30.